The number of fused-ring (bicyclic) bond motifs is 1. The molecule has 0 bridgehead atoms. The van der Waals surface area contributed by atoms with E-state index >= 15 is 0 Å². The van der Waals surface area contributed by atoms with Crippen molar-refractivity contribution < 1.29 is 4.79 Å². The van der Waals surface area contributed by atoms with Gasteiger partial charge < -0.3 is 10.3 Å². The number of carbonyl (C=O) groups excluding carboxylic acids is 1. The zero-order valence-electron chi connectivity index (χ0n) is 13.0. The summed E-state index contributed by atoms with van der Waals surface area (Å²) in [4.78, 5) is 26.9. The summed E-state index contributed by atoms with van der Waals surface area (Å²) in [5.74, 6) is -0.422. The Morgan fingerprint density at radius 1 is 1.26 bits per heavy atom. The third-order valence-corrected chi connectivity index (χ3v) is 3.64. The van der Waals surface area contributed by atoms with Crippen LogP contribution < -0.4 is 10.9 Å². The molecule has 118 valence electrons. The molecule has 0 aliphatic carbocycles. The highest BCUT2D eigenvalue weighted by atomic mass is 16.2. The molecule has 0 unspecified atom stereocenters. The van der Waals surface area contributed by atoms with Crippen molar-refractivity contribution in [3.8, 4) is 0 Å². The molecule has 0 saturated heterocycles. The Hall–Kier alpha value is -2.96. The Morgan fingerprint density at radius 2 is 1.96 bits per heavy atom. The van der Waals surface area contributed by atoms with Crippen molar-refractivity contribution in [2.45, 2.75) is 26.8 Å². The Labute approximate surface area is 132 Å². The molecule has 0 saturated carbocycles. The van der Waals surface area contributed by atoms with Crippen molar-refractivity contribution in [3.63, 3.8) is 0 Å². The van der Waals surface area contributed by atoms with Gasteiger partial charge >= 0.3 is 0 Å². The molecule has 7 heteroatoms. The number of benzene rings is 1. The number of carbonyl (C=O) groups is 1. The molecule has 2 aromatic heterocycles. The first kappa shape index (κ1) is 15.0. The standard InChI is InChI=1S/C16H17N5O2/c1-3-11-4-6-12(7-5-11)8-17-15(22)13-14-16(23)18-10(2)9-21(14)20-19-13/h4-7,9H,3,8H2,1-2H3,(H,17,22)(H,18,23). The fourth-order valence-corrected chi connectivity index (χ4v) is 2.36. The van der Waals surface area contributed by atoms with E-state index in [1.54, 1.807) is 13.1 Å². The topological polar surface area (TPSA) is 92.2 Å². The van der Waals surface area contributed by atoms with E-state index in [9.17, 15) is 9.59 Å². The molecule has 1 amide bonds. The average Bonchev–Trinajstić information content (AvgIpc) is 2.97. The summed E-state index contributed by atoms with van der Waals surface area (Å²) < 4.78 is 1.32. The number of hydrogen-bond acceptors (Lipinski definition) is 4. The van der Waals surface area contributed by atoms with Gasteiger partial charge in [0.25, 0.3) is 11.5 Å². The number of nitrogens with zero attached hydrogens (tertiary/aromatic N) is 3. The first-order valence-electron chi connectivity index (χ1n) is 7.39. The Bertz CT molecular complexity index is 908. The number of aryl methyl sites for hydroxylation is 2. The molecule has 0 radical (unpaired) electrons. The molecule has 23 heavy (non-hydrogen) atoms. The lowest BCUT2D eigenvalue weighted by molar-refractivity contribution is 0.0947. The lowest BCUT2D eigenvalue weighted by atomic mass is 10.1. The highest BCUT2D eigenvalue weighted by Gasteiger charge is 2.17. The monoisotopic (exact) mass is 311 g/mol. The fraction of sp³-hybridized carbons (Fsp3) is 0.250. The lowest BCUT2D eigenvalue weighted by Crippen LogP contribution is -2.25. The smallest absolute Gasteiger partial charge is 0.276 e. The molecule has 0 atom stereocenters. The van der Waals surface area contributed by atoms with Gasteiger partial charge in [0, 0.05) is 12.2 Å². The molecule has 3 aromatic rings. The number of aromatic amines is 1. The predicted molar refractivity (Wildman–Crippen MR) is 85.3 cm³/mol. The number of hydrogen-bond donors (Lipinski definition) is 2. The van der Waals surface area contributed by atoms with Crippen molar-refractivity contribution in [1.82, 2.24) is 25.1 Å². The van der Waals surface area contributed by atoms with Gasteiger partial charge in [0.1, 0.15) is 0 Å². The van der Waals surface area contributed by atoms with Gasteiger partial charge in [-0.15, -0.1) is 5.10 Å². The van der Waals surface area contributed by atoms with Crippen LogP contribution in [0.15, 0.2) is 35.3 Å². The lowest BCUT2D eigenvalue weighted by Gasteiger charge is -2.04. The van der Waals surface area contributed by atoms with Crippen molar-refractivity contribution in [2.75, 3.05) is 0 Å². The molecule has 7 nitrogen and oxygen atoms in total. The quantitative estimate of drug-likeness (QED) is 0.757. The summed E-state index contributed by atoms with van der Waals surface area (Å²) in [7, 11) is 0. The third kappa shape index (κ3) is 2.98. The minimum atomic E-state index is -0.422. The first-order valence-corrected chi connectivity index (χ1v) is 7.39. The van der Waals surface area contributed by atoms with Crippen LogP contribution in [0.25, 0.3) is 5.52 Å². The van der Waals surface area contributed by atoms with Crippen LogP contribution in [0, 0.1) is 6.92 Å². The van der Waals surface area contributed by atoms with E-state index in [0.29, 0.717) is 12.2 Å². The molecule has 1 aromatic carbocycles. The average molecular weight is 311 g/mol. The van der Waals surface area contributed by atoms with E-state index in [4.69, 9.17) is 0 Å². The van der Waals surface area contributed by atoms with Gasteiger partial charge in [0.2, 0.25) is 0 Å². The fourth-order valence-electron chi connectivity index (χ4n) is 2.36. The summed E-state index contributed by atoms with van der Waals surface area (Å²) in [5, 5.41) is 10.4. The number of nitrogens with one attached hydrogen (secondary N) is 2. The molecule has 2 heterocycles. The van der Waals surface area contributed by atoms with Crippen molar-refractivity contribution in [2.24, 2.45) is 0 Å². The van der Waals surface area contributed by atoms with Gasteiger partial charge in [-0.1, -0.05) is 36.4 Å². The maximum Gasteiger partial charge on any atom is 0.276 e. The maximum atomic E-state index is 12.3. The third-order valence-electron chi connectivity index (χ3n) is 3.64. The van der Waals surface area contributed by atoms with Gasteiger partial charge in [0.15, 0.2) is 11.2 Å². The van der Waals surface area contributed by atoms with Crippen molar-refractivity contribution in [1.29, 1.82) is 0 Å². The second kappa shape index (κ2) is 6.04. The molecule has 0 aliphatic heterocycles. The number of rotatable bonds is 4. The molecular weight excluding hydrogens is 294 g/mol. The van der Waals surface area contributed by atoms with Crippen LogP contribution in [0.2, 0.25) is 0 Å². The molecule has 2 N–H and O–H groups in total. The van der Waals surface area contributed by atoms with E-state index in [1.165, 1.54) is 10.1 Å². The van der Waals surface area contributed by atoms with Crippen LogP contribution in [0.4, 0.5) is 0 Å². The zero-order valence-corrected chi connectivity index (χ0v) is 13.0. The summed E-state index contributed by atoms with van der Waals surface area (Å²) >= 11 is 0. The van der Waals surface area contributed by atoms with E-state index < -0.39 is 5.91 Å². The minimum absolute atomic E-state index is 0.0245. The van der Waals surface area contributed by atoms with Crippen LogP contribution in [-0.4, -0.2) is 25.7 Å². The summed E-state index contributed by atoms with van der Waals surface area (Å²) in [5.41, 5.74) is 2.66. The van der Waals surface area contributed by atoms with E-state index in [1.807, 2.05) is 24.3 Å². The van der Waals surface area contributed by atoms with Gasteiger partial charge in [0.05, 0.1) is 6.20 Å². The second-order valence-corrected chi connectivity index (χ2v) is 5.35. The number of aromatic nitrogens is 4. The highest BCUT2D eigenvalue weighted by molar-refractivity contribution is 5.98. The Kier molecular flexibility index (Phi) is 3.92. The van der Waals surface area contributed by atoms with Crippen LogP contribution in [0.5, 0.6) is 0 Å². The van der Waals surface area contributed by atoms with E-state index in [-0.39, 0.29) is 16.8 Å². The Balaban J connectivity index is 1.79. The summed E-state index contributed by atoms with van der Waals surface area (Å²) in [6, 6.07) is 8.00. The van der Waals surface area contributed by atoms with Crippen molar-refractivity contribution in [3.05, 3.63) is 63.3 Å². The van der Waals surface area contributed by atoms with Gasteiger partial charge in [-0.25, -0.2) is 4.52 Å². The second-order valence-electron chi connectivity index (χ2n) is 5.35. The minimum Gasteiger partial charge on any atom is -0.346 e. The first-order chi connectivity index (χ1) is 11.1. The molecular formula is C16H17N5O2. The number of amides is 1. The summed E-state index contributed by atoms with van der Waals surface area (Å²) in [6.45, 7) is 4.20. The van der Waals surface area contributed by atoms with E-state index in [2.05, 4.69) is 27.5 Å². The van der Waals surface area contributed by atoms with Crippen molar-refractivity contribution >= 4 is 11.4 Å². The maximum absolute atomic E-state index is 12.3. The predicted octanol–water partition coefficient (Wildman–Crippen LogP) is 1.22. The van der Waals surface area contributed by atoms with Gasteiger partial charge in [-0.2, -0.15) is 0 Å². The van der Waals surface area contributed by atoms with E-state index in [0.717, 1.165) is 12.0 Å². The molecule has 3 rings (SSSR count). The normalized spacial score (nSPS) is 10.9. The molecule has 0 aliphatic rings. The molecule has 0 fully saturated rings. The van der Waals surface area contributed by atoms with Crippen LogP contribution in [0.3, 0.4) is 0 Å². The highest BCUT2D eigenvalue weighted by Crippen LogP contribution is 2.06. The van der Waals surface area contributed by atoms with Crippen LogP contribution >= 0.6 is 0 Å². The molecule has 0 spiro atoms. The van der Waals surface area contributed by atoms with Crippen LogP contribution in [0.1, 0.15) is 34.2 Å². The van der Waals surface area contributed by atoms with Gasteiger partial charge in [-0.05, 0) is 24.5 Å². The van der Waals surface area contributed by atoms with Crippen LogP contribution in [-0.2, 0) is 13.0 Å². The largest absolute Gasteiger partial charge is 0.346 e. The SMILES string of the molecule is CCc1ccc(CNC(=O)c2nnn3cc(C)[nH]c(=O)c23)cc1. The Morgan fingerprint density at radius 3 is 2.65 bits per heavy atom. The summed E-state index contributed by atoms with van der Waals surface area (Å²) in [6.07, 6.45) is 2.59. The zero-order chi connectivity index (χ0) is 16.4. The number of H-pyrrole nitrogens is 1. The van der Waals surface area contributed by atoms with Gasteiger partial charge in [-0.3, -0.25) is 9.59 Å².